The van der Waals surface area contributed by atoms with Gasteiger partial charge in [-0.25, -0.2) is 8.42 Å². The maximum Gasteiger partial charge on any atom is 0.305 e. The minimum absolute atomic E-state index is 0.100. The van der Waals surface area contributed by atoms with E-state index in [2.05, 4.69) is 0 Å². The lowest BCUT2D eigenvalue weighted by molar-refractivity contribution is -0.139. The normalized spacial score (nSPS) is 15.7. The van der Waals surface area contributed by atoms with Crippen molar-refractivity contribution in [2.75, 3.05) is 19.6 Å². The third-order valence-corrected chi connectivity index (χ3v) is 6.65. The maximum absolute atomic E-state index is 12.7. The van der Waals surface area contributed by atoms with E-state index in [1.807, 2.05) is 13.8 Å². The van der Waals surface area contributed by atoms with Crippen molar-refractivity contribution in [1.82, 2.24) is 9.21 Å². The predicted molar refractivity (Wildman–Crippen MR) is 102 cm³/mol. The third kappa shape index (κ3) is 5.77. The molecule has 0 unspecified atom stereocenters. The maximum atomic E-state index is 12.7. The molecule has 1 aromatic rings. The fourth-order valence-corrected chi connectivity index (χ4v) is 4.71. The van der Waals surface area contributed by atoms with Gasteiger partial charge in [0.25, 0.3) is 0 Å². The van der Waals surface area contributed by atoms with Crippen molar-refractivity contribution in [3.63, 3.8) is 0 Å². The van der Waals surface area contributed by atoms with Gasteiger partial charge in [0.05, 0.1) is 17.7 Å². The van der Waals surface area contributed by atoms with E-state index in [0.29, 0.717) is 18.7 Å². The van der Waals surface area contributed by atoms with Crippen molar-refractivity contribution < 1.29 is 23.1 Å². The molecule has 0 bridgehead atoms. The van der Waals surface area contributed by atoms with Crippen molar-refractivity contribution in [3.05, 3.63) is 29.8 Å². The van der Waals surface area contributed by atoms with Gasteiger partial charge >= 0.3 is 5.97 Å². The minimum Gasteiger partial charge on any atom is -0.481 e. The van der Waals surface area contributed by atoms with Gasteiger partial charge in [-0.3, -0.25) is 9.59 Å². The van der Waals surface area contributed by atoms with Crippen molar-refractivity contribution in [3.8, 4) is 0 Å². The van der Waals surface area contributed by atoms with Gasteiger partial charge in [0.15, 0.2) is 0 Å². The number of hydrogen-bond acceptors (Lipinski definition) is 4. The van der Waals surface area contributed by atoms with Crippen LogP contribution in [0.1, 0.15) is 45.1 Å². The summed E-state index contributed by atoms with van der Waals surface area (Å²) in [5, 5.41) is 8.83. The summed E-state index contributed by atoms with van der Waals surface area (Å²) in [6.45, 7) is 4.94. The lowest BCUT2D eigenvalue weighted by Gasteiger charge is -2.27. The zero-order valence-electron chi connectivity index (χ0n) is 15.9. The number of carbonyl (C=O) groups is 2. The molecule has 1 fully saturated rings. The number of sulfonamides is 1. The summed E-state index contributed by atoms with van der Waals surface area (Å²) in [6, 6.07) is 6.30. The molecule has 2 rings (SSSR count). The van der Waals surface area contributed by atoms with Crippen LogP contribution in [-0.2, 0) is 26.0 Å². The number of amides is 1. The van der Waals surface area contributed by atoms with Crippen LogP contribution in [0.3, 0.4) is 0 Å². The van der Waals surface area contributed by atoms with Crippen LogP contribution in [0.25, 0.3) is 0 Å². The summed E-state index contributed by atoms with van der Waals surface area (Å²) in [6.07, 6.45) is 2.83. The van der Waals surface area contributed by atoms with Gasteiger partial charge in [-0.1, -0.05) is 18.6 Å². The molecule has 0 radical (unpaired) electrons. The number of aliphatic carboxylic acids is 1. The van der Waals surface area contributed by atoms with E-state index in [1.165, 1.54) is 9.21 Å². The highest BCUT2D eigenvalue weighted by Crippen LogP contribution is 2.21. The molecule has 1 saturated heterocycles. The van der Waals surface area contributed by atoms with Crippen molar-refractivity contribution in [1.29, 1.82) is 0 Å². The Hall–Kier alpha value is -1.93. The molecule has 1 N–H and O–H groups in total. The highest BCUT2D eigenvalue weighted by molar-refractivity contribution is 7.89. The number of rotatable bonds is 8. The lowest BCUT2D eigenvalue weighted by atomic mass is 10.1. The standard InChI is InChI=1S/C19H28N2O5S/c1-15(2)21(13-10-19(23)24)18(22)14-16-6-8-17(9-7-16)27(25,26)20-11-4-3-5-12-20/h6-9,15H,3-5,10-14H2,1-2H3,(H,23,24). The van der Waals surface area contributed by atoms with Gasteiger partial charge in [0.2, 0.25) is 15.9 Å². The number of nitrogens with zero attached hydrogens (tertiary/aromatic N) is 2. The van der Waals surface area contributed by atoms with Crippen LogP contribution >= 0.6 is 0 Å². The Morgan fingerprint density at radius 3 is 2.22 bits per heavy atom. The first-order valence-electron chi connectivity index (χ1n) is 9.32. The number of benzene rings is 1. The number of piperidine rings is 1. The molecule has 1 amide bonds. The monoisotopic (exact) mass is 396 g/mol. The molecule has 0 aromatic heterocycles. The van der Waals surface area contributed by atoms with Gasteiger partial charge < -0.3 is 10.0 Å². The Labute approximate surface area is 161 Å². The molecule has 0 saturated carbocycles. The van der Waals surface area contributed by atoms with Gasteiger partial charge in [0.1, 0.15) is 0 Å². The smallest absolute Gasteiger partial charge is 0.305 e. The van der Waals surface area contributed by atoms with E-state index < -0.39 is 16.0 Å². The number of hydrogen-bond donors (Lipinski definition) is 1. The molecular formula is C19H28N2O5S. The van der Waals surface area contributed by atoms with Crippen LogP contribution in [0.15, 0.2) is 29.2 Å². The first-order valence-corrected chi connectivity index (χ1v) is 10.8. The zero-order chi connectivity index (χ0) is 20.0. The summed E-state index contributed by atoms with van der Waals surface area (Å²) in [7, 11) is -3.48. The fourth-order valence-electron chi connectivity index (χ4n) is 3.20. The first kappa shape index (κ1) is 21.4. The molecule has 1 aliphatic heterocycles. The Balaban J connectivity index is 2.05. The summed E-state index contributed by atoms with van der Waals surface area (Å²) < 4.78 is 26.8. The second-order valence-corrected chi connectivity index (χ2v) is 9.05. The SMILES string of the molecule is CC(C)N(CCC(=O)O)C(=O)Cc1ccc(S(=O)(=O)N2CCCCC2)cc1. The molecule has 8 heteroatoms. The van der Waals surface area contributed by atoms with E-state index in [-0.39, 0.29) is 36.2 Å². The highest BCUT2D eigenvalue weighted by Gasteiger charge is 2.26. The summed E-state index contributed by atoms with van der Waals surface area (Å²) in [4.78, 5) is 25.0. The summed E-state index contributed by atoms with van der Waals surface area (Å²) >= 11 is 0. The molecule has 150 valence electrons. The van der Waals surface area contributed by atoms with Crippen molar-refractivity contribution in [2.45, 2.75) is 56.9 Å². The quantitative estimate of drug-likeness (QED) is 0.726. The Kier molecular flexibility index (Phi) is 7.38. The average molecular weight is 397 g/mol. The fraction of sp³-hybridized carbons (Fsp3) is 0.579. The van der Waals surface area contributed by atoms with E-state index in [0.717, 1.165) is 19.3 Å². The highest BCUT2D eigenvalue weighted by atomic mass is 32.2. The molecule has 0 spiro atoms. The molecule has 1 aliphatic rings. The van der Waals surface area contributed by atoms with Crippen LogP contribution in [0.5, 0.6) is 0 Å². The lowest BCUT2D eigenvalue weighted by Crippen LogP contribution is -2.39. The Morgan fingerprint density at radius 1 is 1.11 bits per heavy atom. The number of carboxylic acid groups (broad SMARTS) is 1. The number of carbonyl (C=O) groups excluding carboxylic acids is 1. The Bertz CT molecular complexity index is 753. The van der Waals surface area contributed by atoms with E-state index >= 15 is 0 Å². The van der Waals surface area contributed by atoms with Crippen molar-refractivity contribution >= 4 is 21.9 Å². The van der Waals surface area contributed by atoms with Gasteiger partial charge in [-0.2, -0.15) is 4.31 Å². The topological polar surface area (TPSA) is 95.0 Å². The summed E-state index contributed by atoms with van der Waals surface area (Å²) in [5.41, 5.74) is 0.707. The molecule has 27 heavy (non-hydrogen) atoms. The molecule has 7 nitrogen and oxygen atoms in total. The van der Waals surface area contributed by atoms with Crippen LogP contribution in [-0.4, -0.2) is 60.3 Å². The number of carboxylic acids is 1. The molecule has 1 heterocycles. The van der Waals surface area contributed by atoms with Gasteiger partial charge in [0, 0.05) is 25.7 Å². The second-order valence-electron chi connectivity index (χ2n) is 7.11. The zero-order valence-corrected chi connectivity index (χ0v) is 16.7. The predicted octanol–water partition coefficient (Wildman–Crippen LogP) is 2.12. The first-order chi connectivity index (χ1) is 12.7. The van der Waals surface area contributed by atoms with E-state index in [1.54, 1.807) is 24.3 Å². The molecular weight excluding hydrogens is 368 g/mol. The van der Waals surface area contributed by atoms with Crippen molar-refractivity contribution in [2.24, 2.45) is 0 Å². The minimum atomic E-state index is -3.48. The van der Waals surface area contributed by atoms with Gasteiger partial charge in [-0.05, 0) is 44.4 Å². The second kappa shape index (κ2) is 9.32. The Morgan fingerprint density at radius 2 is 1.70 bits per heavy atom. The average Bonchev–Trinajstić information content (AvgIpc) is 2.62. The largest absolute Gasteiger partial charge is 0.481 e. The third-order valence-electron chi connectivity index (χ3n) is 4.74. The van der Waals surface area contributed by atoms with E-state index in [4.69, 9.17) is 5.11 Å². The summed E-state index contributed by atoms with van der Waals surface area (Å²) in [5.74, 6) is -1.11. The van der Waals surface area contributed by atoms with Crippen LogP contribution in [0.2, 0.25) is 0 Å². The van der Waals surface area contributed by atoms with Gasteiger partial charge in [-0.15, -0.1) is 0 Å². The molecule has 1 aromatic carbocycles. The van der Waals surface area contributed by atoms with E-state index in [9.17, 15) is 18.0 Å². The van der Waals surface area contributed by atoms with Crippen LogP contribution in [0, 0.1) is 0 Å². The molecule has 0 atom stereocenters. The van der Waals surface area contributed by atoms with Crippen LogP contribution < -0.4 is 0 Å². The molecule has 0 aliphatic carbocycles. The van der Waals surface area contributed by atoms with Crippen LogP contribution in [0.4, 0.5) is 0 Å².